The molecule has 6 nitrogen and oxygen atoms in total. The molecule has 2 aliphatic rings. The Kier molecular flexibility index (Phi) is 5.19. The Morgan fingerprint density at radius 1 is 1.30 bits per heavy atom. The zero-order chi connectivity index (χ0) is 19.0. The standard InChI is InChI=1S/C18H18BrN3O3S2/c19-13-4-3-12-7-16(18(23)21-10-14-9-20-11-26-14)17(15(12)8-13)27(24,25)22-5-1-2-6-22/h3-4,8-9,11H,1-2,5-7,10H2,(H,21,23). The smallest absolute Gasteiger partial charge is 0.249 e. The van der Waals surface area contributed by atoms with Crippen LogP contribution in [0.5, 0.6) is 0 Å². The molecule has 2 aromatic rings. The molecule has 2 heterocycles. The number of hydrogen-bond acceptors (Lipinski definition) is 5. The van der Waals surface area contributed by atoms with Gasteiger partial charge in [0.1, 0.15) is 0 Å². The number of rotatable bonds is 5. The summed E-state index contributed by atoms with van der Waals surface area (Å²) in [5.41, 5.74) is 3.50. The maximum absolute atomic E-state index is 13.3. The van der Waals surface area contributed by atoms with Crippen LogP contribution in [0.25, 0.3) is 4.91 Å². The minimum atomic E-state index is -3.71. The third-order valence-corrected chi connectivity index (χ3v) is 8.10. The fraction of sp³-hybridized carbons (Fsp3) is 0.333. The van der Waals surface area contributed by atoms with Gasteiger partial charge in [0.25, 0.3) is 0 Å². The zero-order valence-electron chi connectivity index (χ0n) is 14.4. The van der Waals surface area contributed by atoms with Gasteiger partial charge in [-0.2, -0.15) is 4.31 Å². The van der Waals surface area contributed by atoms with Crippen LogP contribution >= 0.6 is 27.3 Å². The summed E-state index contributed by atoms with van der Waals surface area (Å²) in [5.74, 6) is -0.339. The number of halogens is 1. The van der Waals surface area contributed by atoms with Gasteiger partial charge < -0.3 is 5.32 Å². The molecular formula is C18H18BrN3O3S2. The third-order valence-electron chi connectivity index (χ3n) is 4.80. The second-order valence-corrected chi connectivity index (χ2v) is 10.3. The largest absolute Gasteiger partial charge is 0.347 e. The first kappa shape index (κ1) is 18.8. The van der Waals surface area contributed by atoms with Gasteiger partial charge in [-0.15, -0.1) is 11.3 Å². The predicted molar refractivity (Wildman–Crippen MR) is 108 cm³/mol. The van der Waals surface area contributed by atoms with Gasteiger partial charge in [0.15, 0.2) is 0 Å². The van der Waals surface area contributed by atoms with Gasteiger partial charge >= 0.3 is 0 Å². The lowest BCUT2D eigenvalue weighted by molar-refractivity contribution is -0.117. The second-order valence-electron chi connectivity index (χ2n) is 6.55. The lowest BCUT2D eigenvalue weighted by Crippen LogP contribution is -2.31. The number of nitrogens with zero attached hydrogens (tertiary/aromatic N) is 2. The summed E-state index contributed by atoms with van der Waals surface area (Å²) in [7, 11) is -3.71. The second kappa shape index (κ2) is 7.46. The monoisotopic (exact) mass is 467 g/mol. The van der Waals surface area contributed by atoms with Gasteiger partial charge in [0.05, 0.1) is 17.0 Å². The van der Waals surface area contributed by atoms with Crippen LogP contribution in [0.3, 0.4) is 0 Å². The summed E-state index contributed by atoms with van der Waals surface area (Å²) in [4.78, 5) is 18.0. The first-order valence-corrected chi connectivity index (χ1v) is 11.8. The molecule has 0 unspecified atom stereocenters. The number of amides is 1. The van der Waals surface area contributed by atoms with E-state index < -0.39 is 10.0 Å². The van der Waals surface area contributed by atoms with Gasteiger partial charge in [-0.3, -0.25) is 9.78 Å². The molecule has 0 bridgehead atoms. The maximum atomic E-state index is 13.3. The molecule has 0 radical (unpaired) electrons. The van der Waals surface area contributed by atoms with Gasteiger partial charge in [0.2, 0.25) is 15.9 Å². The molecule has 0 saturated carbocycles. The summed E-state index contributed by atoms with van der Waals surface area (Å²) < 4.78 is 28.9. The van der Waals surface area contributed by atoms with Crippen molar-refractivity contribution >= 4 is 48.1 Å². The van der Waals surface area contributed by atoms with Crippen molar-refractivity contribution in [3.8, 4) is 0 Å². The van der Waals surface area contributed by atoms with Crippen molar-refractivity contribution < 1.29 is 13.2 Å². The normalized spacial score (nSPS) is 17.4. The highest BCUT2D eigenvalue weighted by molar-refractivity contribution is 9.10. The molecule has 1 saturated heterocycles. The summed E-state index contributed by atoms with van der Waals surface area (Å²) >= 11 is 4.87. The van der Waals surface area contributed by atoms with Gasteiger partial charge in [-0.1, -0.05) is 22.0 Å². The molecule has 1 aliphatic carbocycles. The minimum absolute atomic E-state index is 0.155. The highest BCUT2D eigenvalue weighted by atomic mass is 79.9. The van der Waals surface area contributed by atoms with E-state index in [2.05, 4.69) is 26.2 Å². The van der Waals surface area contributed by atoms with Crippen molar-refractivity contribution in [2.45, 2.75) is 25.8 Å². The summed E-state index contributed by atoms with van der Waals surface area (Å²) in [5, 5.41) is 2.85. The molecule has 0 spiro atoms. The van der Waals surface area contributed by atoms with Gasteiger partial charge in [0, 0.05) is 40.6 Å². The van der Waals surface area contributed by atoms with Crippen molar-refractivity contribution in [1.82, 2.24) is 14.6 Å². The number of sulfonamides is 1. The Morgan fingerprint density at radius 3 is 2.78 bits per heavy atom. The van der Waals surface area contributed by atoms with E-state index in [0.29, 0.717) is 37.2 Å². The lowest BCUT2D eigenvalue weighted by atomic mass is 10.1. The van der Waals surface area contributed by atoms with Gasteiger partial charge in [-0.05, 0) is 36.1 Å². The van der Waals surface area contributed by atoms with E-state index in [1.54, 1.807) is 17.8 Å². The van der Waals surface area contributed by atoms with E-state index in [-0.39, 0.29) is 10.8 Å². The van der Waals surface area contributed by atoms with Crippen molar-refractivity contribution in [3.05, 3.63) is 56.0 Å². The average Bonchev–Trinajstić information content (AvgIpc) is 3.39. The van der Waals surface area contributed by atoms with Crippen LogP contribution in [-0.2, 0) is 27.8 Å². The van der Waals surface area contributed by atoms with Crippen molar-refractivity contribution in [1.29, 1.82) is 0 Å². The number of aromatic nitrogens is 1. The number of thiazole rings is 1. The molecule has 1 aromatic carbocycles. The topological polar surface area (TPSA) is 79.4 Å². The lowest BCUT2D eigenvalue weighted by Gasteiger charge is -2.18. The number of hydrogen-bond donors (Lipinski definition) is 1. The van der Waals surface area contributed by atoms with E-state index in [4.69, 9.17) is 0 Å². The minimum Gasteiger partial charge on any atom is -0.347 e. The van der Waals surface area contributed by atoms with Crippen LogP contribution in [0.1, 0.15) is 28.8 Å². The third kappa shape index (κ3) is 3.61. The highest BCUT2D eigenvalue weighted by Gasteiger charge is 2.38. The van der Waals surface area contributed by atoms with Gasteiger partial charge in [-0.25, -0.2) is 8.42 Å². The van der Waals surface area contributed by atoms with Crippen LogP contribution in [0.15, 0.2) is 40.0 Å². The average molecular weight is 468 g/mol. The Morgan fingerprint density at radius 2 is 2.07 bits per heavy atom. The zero-order valence-corrected chi connectivity index (χ0v) is 17.7. The van der Waals surface area contributed by atoms with Crippen LogP contribution in [0.4, 0.5) is 0 Å². The molecule has 1 amide bonds. The Balaban J connectivity index is 1.73. The van der Waals surface area contributed by atoms with Crippen LogP contribution in [0.2, 0.25) is 0 Å². The summed E-state index contributed by atoms with van der Waals surface area (Å²) in [6, 6.07) is 5.54. The molecule has 1 aliphatic heterocycles. The molecule has 0 atom stereocenters. The fourth-order valence-electron chi connectivity index (χ4n) is 3.49. The molecule has 142 valence electrons. The molecule has 1 fully saturated rings. The molecule has 9 heteroatoms. The Bertz CT molecular complexity index is 1010. The summed E-state index contributed by atoms with van der Waals surface area (Å²) in [6.07, 6.45) is 3.72. The Labute approximate surface area is 170 Å². The molecular weight excluding hydrogens is 450 g/mol. The maximum Gasteiger partial charge on any atom is 0.249 e. The van der Waals surface area contributed by atoms with E-state index >= 15 is 0 Å². The van der Waals surface area contributed by atoms with Crippen molar-refractivity contribution in [2.75, 3.05) is 13.1 Å². The molecule has 27 heavy (non-hydrogen) atoms. The molecule has 4 rings (SSSR count). The summed E-state index contributed by atoms with van der Waals surface area (Å²) in [6.45, 7) is 1.35. The number of carbonyl (C=O) groups excluding carboxylic acids is 1. The first-order valence-electron chi connectivity index (χ1n) is 8.64. The quantitative estimate of drug-likeness (QED) is 0.732. The van der Waals surface area contributed by atoms with E-state index in [1.165, 1.54) is 15.6 Å². The SMILES string of the molecule is O=C(NCc1cncs1)C1=C(S(=O)(=O)N2CCCC2)c2cc(Br)ccc2C1. The number of benzene rings is 1. The predicted octanol–water partition coefficient (Wildman–Crippen LogP) is 2.91. The Hall–Kier alpha value is -1.55. The highest BCUT2D eigenvalue weighted by Crippen LogP contribution is 2.40. The van der Waals surface area contributed by atoms with Crippen molar-refractivity contribution in [3.63, 3.8) is 0 Å². The van der Waals surface area contributed by atoms with Crippen LogP contribution in [-0.4, -0.2) is 36.7 Å². The van der Waals surface area contributed by atoms with E-state index in [9.17, 15) is 13.2 Å². The number of carbonyl (C=O) groups is 1. The van der Waals surface area contributed by atoms with E-state index in [1.807, 2.05) is 12.1 Å². The number of fused-ring (bicyclic) bond motifs is 1. The number of nitrogens with one attached hydrogen (secondary N) is 1. The van der Waals surface area contributed by atoms with Crippen LogP contribution < -0.4 is 5.32 Å². The fourth-order valence-corrected chi connectivity index (χ4v) is 6.32. The molecule has 1 N–H and O–H groups in total. The van der Waals surface area contributed by atoms with Crippen molar-refractivity contribution in [2.24, 2.45) is 0 Å². The van der Waals surface area contributed by atoms with E-state index in [0.717, 1.165) is 27.8 Å². The first-order chi connectivity index (χ1) is 13.0. The van der Waals surface area contributed by atoms with Crippen LogP contribution in [0, 0.1) is 0 Å². The molecule has 1 aromatic heterocycles.